The third-order valence-corrected chi connectivity index (χ3v) is 2.67. The topological polar surface area (TPSA) is 68.3 Å². The second-order valence-electron chi connectivity index (χ2n) is 4.02. The zero-order chi connectivity index (χ0) is 10.5. The van der Waals surface area contributed by atoms with E-state index >= 15 is 0 Å². The van der Waals surface area contributed by atoms with Crippen LogP contribution in [0.1, 0.15) is 20.8 Å². The normalized spacial score (nSPS) is 50.9. The number of hydrogen-bond donors (Lipinski definition) is 1. The predicted octanol–water partition coefficient (Wildman–Crippen LogP) is -0.187. The Bertz CT molecular complexity index is 262. The maximum atomic E-state index is 10.8. The highest BCUT2D eigenvalue weighted by molar-refractivity contribution is 5.66. The molecule has 0 aromatic heterocycles. The van der Waals surface area contributed by atoms with Crippen LogP contribution in [0.5, 0.6) is 0 Å². The van der Waals surface area contributed by atoms with Gasteiger partial charge in [0.05, 0.1) is 6.10 Å². The summed E-state index contributed by atoms with van der Waals surface area (Å²) in [5, 5.41) is 10.1. The Kier molecular flexibility index (Phi) is 2.06. The van der Waals surface area contributed by atoms with Crippen LogP contribution in [0, 0.1) is 0 Å². The van der Waals surface area contributed by atoms with Crippen LogP contribution >= 0.6 is 0 Å². The molecular formula is C9H14O5. The molecule has 2 saturated heterocycles. The maximum absolute atomic E-state index is 10.8. The van der Waals surface area contributed by atoms with Crippen LogP contribution in [-0.2, 0) is 19.0 Å². The van der Waals surface area contributed by atoms with Gasteiger partial charge >= 0.3 is 5.97 Å². The second kappa shape index (κ2) is 2.92. The predicted molar refractivity (Wildman–Crippen MR) is 45.4 cm³/mol. The highest BCUT2D eigenvalue weighted by Gasteiger charge is 2.63. The summed E-state index contributed by atoms with van der Waals surface area (Å²) in [6.45, 7) is 4.66. The summed E-state index contributed by atoms with van der Waals surface area (Å²) in [5.74, 6) is -0.426. The van der Waals surface area contributed by atoms with Crippen LogP contribution < -0.4 is 0 Å². The van der Waals surface area contributed by atoms with E-state index in [1.54, 1.807) is 13.8 Å². The Morgan fingerprint density at radius 3 is 2.71 bits per heavy atom. The summed E-state index contributed by atoms with van der Waals surface area (Å²) in [7, 11) is 0. The maximum Gasteiger partial charge on any atom is 0.303 e. The molecule has 0 aliphatic carbocycles. The van der Waals surface area contributed by atoms with Gasteiger partial charge in [0.1, 0.15) is 11.7 Å². The van der Waals surface area contributed by atoms with Crippen molar-refractivity contribution >= 4 is 5.97 Å². The zero-order valence-electron chi connectivity index (χ0n) is 8.39. The van der Waals surface area contributed by atoms with Gasteiger partial charge in [-0.1, -0.05) is 0 Å². The van der Waals surface area contributed by atoms with E-state index in [1.165, 1.54) is 6.92 Å². The van der Waals surface area contributed by atoms with Gasteiger partial charge in [0.15, 0.2) is 12.4 Å². The molecule has 2 rings (SSSR count). The van der Waals surface area contributed by atoms with E-state index in [-0.39, 0.29) is 18.5 Å². The van der Waals surface area contributed by atoms with Crippen molar-refractivity contribution < 1.29 is 24.1 Å². The Morgan fingerprint density at radius 1 is 1.50 bits per heavy atom. The van der Waals surface area contributed by atoms with E-state index in [1.807, 2.05) is 0 Å². The number of rotatable bonds is 1. The van der Waals surface area contributed by atoms with Crippen LogP contribution in [0.3, 0.4) is 0 Å². The van der Waals surface area contributed by atoms with Crippen molar-refractivity contribution in [2.24, 2.45) is 0 Å². The number of aliphatic hydroxyl groups is 1. The molecule has 2 aliphatic heterocycles. The van der Waals surface area contributed by atoms with Crippen LogP contribution in [0.15, 0.2) is 0 Å². The molecule has 2 fully saturated rings. The lowest BCUT2D eigenvalue weighted by molar-refractivity contribution is -0.196. The van der Waals surface area contributed by atoms with E-state index in [9.17, 15) is 9.90 Å². The summed E-state index contributed by atoms with van der Waals surface area (Å²) < 4.78 is 15.5. The average molecular weight is 202 g/mol. The fourth-order valence-corrected chi connectivity index (χ4v) is 1.93. The Hall–Kier alpha value is -0.650. The average Bonchev–Trinajstić information content (AvgIpc) is 2.77. The number of ether oxygens (including phenoxy) is 3. The van der Waals surface area contributed by atoms with Gasteiger partial charge in [-0.3, -0.25) is 4.79 Å². The largest absolute Gasteiger partial charge is 0.457 e. The Labute approximate surface area is 81.9 Å². The summed E-state index contributed by atoms with van der Waals surface area (Å²) in [4.78, 5) is 10.8. The van der Waals surface area contributed by atoms with Crippen molar-refractivity contribution in [3.63, 3.8) is 0 Å². The molecule has 2 aliphatic rings. The summed E-state index contributed by atoms with van der Waals surface area (Å²) in [5.41, 5.74) is -1.16. The van der Waals surface area contributed by atoms with Gasteiger partial charge in [0.2, 0.25) is 0 Å². The lowest BCUT2D eigenvalue weighted by atomic mass is 9.89. The van der Waals surface area contributed by atoms with Gasteiger partial charge in [-0.05, 0) is 13.8 Å². The summed E-state index contributed by atoms with van der Waals surface area (Å²) >= 11 is 0. The van der Waals surface area contributed by atoms with Crippen LogP contribution in [0.25, 0.3) is 0 Å². The molecule has 5 atom stereocenters. The monoisotopic (exact) mass is 202 g/mol. The highest BCUT2D eigenvalue weighted by Crippen LogP contribution is 2.43. The van der Waals surface area contributed by atoms with Gasteiger partial charge in [-0.15, -0.1) is 0 Å². The van der Waals surface area contributed by atoms with Gasteiger partial charge in [-0.2, -0.15) is 0 Å². The van der Waals surface area contributed by atoms with Gasteiger partial charge in [0.25, 0.3) is 0 Å². The van der Waals surface area contributed by atoms with Crippen molar-refractivity contribution in [1.29, 1.82) is 0 Å². The molecule has 2 heterocycles. The van der Waals surface area contributed by atoms with E-state index < -0.39 is 17.7 Å². The molecule has 80 valence electrons. The standard InChI is InChI=1S/C9H14O5/c1-4-6(13-5(2)10)9(3,11)7-8(12-4)14-7/h4,6-8,11H,1-3H3/t4-,6-,7-,8+,9-/m0/s1. The molecule has 0 amide bonds. The van der Waals surface area contributed by atoms with Crippen LogP contribution in [0.4, 0.5) is 0 Å². The fourth-order valence-electron chi connectivity index (χ4n) is 1.93. The molecule has 0 aromatic carbocycles. The summed E-state index contributed by atoms with van der Waals surface area (Å²) in [6.07, 6.45) is -1.73. The van der Waals surface area contributed by atoms with E-state index in [2.05, 4.69) is 0 Å². The van der Waals surface area contributed by atoms with Gasteiger partial charge < -0.3 is 19.3 Å². The van der Waals surface area contributed by atoms with Crippen molar-refractivity contribution in [2.45, 2.75) is 51.0 Å². The molecule has 14 heavy (non-hydrogen) atoms. The summed E-state index contributed by atoms with van der Waals surface area (Å²) in [6, 6.07) is 0. The molecule has 5 nitrogen and oxygen atoms in total. The SMILES string of the molecule is CC(=O)O[C@H]1[C@H](C)O[C@@H]2O[C@@H]2[C@@]1(C)O. The number of fused-ring (bicyclic) bond motifs is 1. The molecule has 0 saturated carbocycles. The van der Waals surface area contributed by atoms with Crippen LogP contribution in [-0.4, -0.2) is 41.3 Å². The first-order valence-electron chi connectivity index (χ1n) is 4.63. The van der Waals surface area contributed by atoms with E-state index in [4.69, 9.17) is 14.2 Å². The quantitative estimate of drug-likeness (QED) is 0.471. The number of carbonyl (C=O) groups is 1. The number of epoxide rings is 1. The van der Waals surface area contributed by atoms with Gasteiger partial charge in [0, 0.05) is 6.92 Å². The first-order chi connectivity index (χ1) is 6.43. The molecule has 0 aromatic rings. The second-order valence-corrected chi connectivity index (χ2v) is 4.02. The first kappa shape index (κ1) is 9.89. The number of carbonyl (C=O) groups excluding carboxylic acids is 1. The molecule has 0 radical (unpaired) electrons. The molecule has 1 N–H and O–H groups in total. The Balaban J connectivity index is 2.14. The van der Waals surface area contributed by atoms with E-state index in [0.717, 1.165) is 0 Å². The van der Waals surface area contributed by atoms with Crippen molar-refractivity contribution in [2.75, 3.05) is 0 Å². The molecule has 0 unspecified atom stereocenters. The number of esters is 1. The fraction of sp³-hybridized carbons (Fsp3) is 0.889. The van der Waals surface area contributed by atoms with Crippen molar-refractivity contribution in [3.05, 3.63) is 0 Å². The lowest BCUT2D eigenvalue weighted by Gasteiger charge is -2.37. The smallest absolute Gasteiger partial charge is 0.303 e. The van der Waals surface area contributed by atoms with E-state index in [0.29, 0.717) is 0 Å². The molecular weight excluding hydrogens is 188 g/mol. The zero-order valence-corrected chi connectivity index (χ0v) is 8.39. The minimum Gasteiger partial charge on any atom is -0.457 e. The third kappa shape index (κ3) is 1.41. The molecule has 0 spiro atoms. The van der Waals surface area contributed by atoms with Crippen molar-refractivity contribution in [3.8, 4) is 0 Å². The minimum absolute atomic E-state index is 0.341. The Morgan fingerprint density at radius 2 is 2.14 bits per heavy atom. The highest BCUT2D eigenvalue weighted by atomic mass is 16.8. The lowest BCUT2D eigenvalue weighted by Crippen LogP contribution is -2.56. The van der Waals surface area contributed by atoms with Crippen molar-refractivity contribution in [1.82, 2.24) is 0 Å². The van der Waals surface area contributed by atoms with Gasteiger partial charge in [-0.25, -0.2) is 0 Å². The third-order valence-electron chi connectivity index (χ3n) is 2.67. The first-order valence-corrected chi connectivity index (χ1v) is 4.63. The minimum atomic E-state index is -1.16. The van der Waals surface area contributed by atoms with Crippen LogP contribution in [0.2, 0.25) is 0 Å². The molecule has 0 bridgehead atoms. The number of hydrogen-bond acceptors (Lipinski definition) is 5. The molecule has 5 heteroatoms.